The Kier molecular flexibility index (Phi) is 5.53. The van der Waals surface area contributed by atoms with Crippen LogP contribution in [0, 0.1) is 11.8 Å². The molecule has 0 aliphatic rings. The van der Waals surface area contributed by atoms with Gasteiger partial charge in [-0.25, -0.2) is 0 Å². The minimum atomic E-state index is 0.721. The highest BCUT2D eigenvalue weighted by Gasteiger charge is 2.13. The van der Waals surface area contributed by atoms with Crippen LogP contribution in [0.15, 0.2) is 65.6 Å². The van der Waals surface area contributed by atoms with Gasteiger partial charge in [0.2, 0.25) is 0 Å². The summed E-state index contributed by atoms with van der Waals surface area (Å²) in [5.74, 6) is 2.64. The number of hydrogen-bond acceptors (Lipinski definition) is 1. The molecule has 0 amide bonds. The molecule has 0 aromatic heterocycles. The van der Waals surface area contributed by atoms with Crippen LogP contribution in [0.1, 0.15) is 19.4 Å². The molecule has 2 aromatic carbocycles. The summed E-state index contributed by atoms with van der Waals surface area (Å²) in [5, 5.41) is 0. The lowest BCUT2D eigenvalue weighted by Crippen LogP contribution is -2.13. The van der Waals surface area contributed by atoms with E-state index in [1.807, 2.05) is 11.8 Å². The molecule has 0 saturated carbocycles. The molecule has 0 heterocycles. The van der Waals surface area contributed by atoms with Crippen LogP contribution in [0.2, 0.25) is 0 Å². The van der Waals surface area contributed by atoms with Crippen LogP contribution >= 0.6 is 11.8 Å². The molecule has 0 fully saturated rings. The molecule has 2 atom stereocenters. The van der Waals surface area contributed by atoms with E-state index in [1.54, 1.807) is 0 Å². The molecular weight excluding hydrogens is 248 g/mol. The SMILES string of the molecule is CC(CSc1ccccc1)C(C)Cc1ccccc1. The van der Waals surface area contributed by atoms with E-state index in [9.17, 15) is 0 Å². The fourth-order valence-electron chi connectivity index (χ4n) is 2.10. The van der Waals surface area contributed by atoms with Gasteiger partial charge in [-0.05, 0) is 36.0 Å². The zero-order valence-electron chi connectivity index (χ0n) is 11.8. The monoisotopic (exact) mass is 270 g/mol. The second kappa shape index (κ2) is 7.40. The molecule has 0 aliphatic carbocycles. The van der Waals surface area contributed by atoms with Crippen LogP contribution in [0.25, 0.3) is 0 Å². The summed E-state index contributed by atoms with van der Waals surface area (Å²) < 4.78 is 0. The van der Waals surface area contributed by atoms with Crippen molar-refractivity contribution >= 4 is 11.8 Å². The Morgan fingerprint density at radius 3 is 2.00 bits per heavy atom. The third kappa shape index (κ3) is 4.76. The molecule has 1 heteroatoms. The maximum Gasteiger partial charge on any atom is 0.00720 e. The third-order valence-electron chi connectivity index (χ3n) is 3.63. The Hall–Kier alpha value is -1.21. The average molecular weight is 270 g/mol. The number of benzene rings is 2. The zero-order valence-corrected chi connectivity index (χ0v) is 12.6. The first kappa shape index (κ1) is 14.2. The van der Waals surface area contributed by atoms with Gasteiger partial charge in [0.1, 0.15) is 0 Å². The van der Waals surface area contributed by atoms with Crippen molar-refractivity contribution in [3.05, 3.63) is 66.2 Å². The van der Waals surface area contributed by atoms with Crippen molar-refractivity contribution in [1.29, 1.82) is 0 Å². The van der Waals surface area contributed by atoms with Gasteiger partial charge in [0, 0.05) is 10.6 Å². The number of thioether (sulfide) groups is 1. The topological polar surface area (TPSA) is 0 Å². The Bertz CT molecular complexity index is 464. The molecule has 0 aliphatic heterocycles. The minimum absolute atomic E-state index is 0.721. The van der Waals surface area contributed by atoms with Crippen molar-refractivity contribution in [2.24, 2.45) is 11.8 Å². The molecule has 0 radical (unpaired) electrons. The van der Waals surface area contributed by atoms with Crippen LogP contribution in [-0.4, -0.2) is 5.75 Å². The highest BCUT2D eigenvalue weighted by Crippen LogP contribution is 2.25. The van der Waals surface area contributed by atoms with E-state index in [4.69, 9.17) is 0 Å². The molecule has 100 valence electrons. The van der Waals surface area contributed by atoms with Crippen molar-refractivity contribution in [2.45, 2.75) is 25.2 Å². The summed E-state index contributed by atoms with van der Waals surface area (Å²) in [7, 11) is 0. The predicted molar refractivity (Wildman–Crippen MR) is 85.6 cm³/mol. The highest BCUT2D eigenvalue weighted by molar-refractivity contribution is 7.99. The lowest BCUT2D eigenvalue weighted by atomic mass is 9.91. The van der Waals surface area contributed by atoms with Crippen LogP contribution in [0.5, 0.6) is 0 Å². The fraction of sp³-hybridized carbons (Fsp3) is 0.333. The highest BCUT2D eigenvalue weighted by atomic mass is 32.2. The van der Waals surface area contributed by atoms with E-state index in [0.717, 1.165) is 11.8 Å². The van der Waals surface area contributed by atoms with Crippen LogP contribution < -0.4 is 0 Å². The zero-order chi connectivity index (χ0) is 13.5. The van der Waals surface area contributed by atoms with Crippen molar-refractivity contribution in [2.75, 3.05) is 5.75 Å². The molecule has 2 aromatic rings. The molecule has 0 nitrogen and oxygen atoms in total. The molecule has 0 spiro atoms. The van der Waals surface area contributed by atoms with E-state index >= 15 is 0 Å². The fourth-order valence-corrected chi connectivity index (χ4v) is 3.23. The molecular formula is C18H22S. The standard InChI is InChI=1S/C18H22S/c1-15(13-17-9-5-3-6-10-17)16(2)14-19-18-11-7-4-8-12-18/h3-12,15-16H,13-14H2,1-2H3. The summed E-state index contributed by atoms with van der Waals surface area (Å²) in [6, 6.07) is 21.5. The Morgan fingerprint density at radius 2 is 1.37 bits per heavy atom. The lowest BCUT2D eigenvalue weighted by Gasteiger charge is -2.19. The molecule has 0 saturated heterocycles. The van der Waals surface area contributed by atoms with Crippen LogP contribution in [0.4, 0.5) is 0 Å². The summed E-state index contributed by atoms with van der Waals surface area (Å²) in [4.78, 5) is 1.38. The molecule has 2 rings (SSSR count). The Morgan fingerprint density at radius 1 is 0.789 bits per heavy atom. The van der Waals surface area contributed by atoms with Crippen LogP contribution in [0.3, 0.4) is 0 Å². The van der Waals surface area contributed by atoms with Crippen molar-refractivity contribution in [3.8, 4) is 0 Å². The van der Waals surface area contributed by atoms with Gasteiger partial charge in [0.05, 0.1) is 0 Å². The summed E-state index contributed by atoms with van der Waals surface area (Å²) in [6.45, 7) is 4.73. The predicted octanol–water partition coefficient (Wildman–Crippen LogP) is 5.29. The molecule has 2 unspecified atom stereocenters. The number of hydrogen-bond donors (Lipinski definition) is 0. The first-order valence-corrected chi connectivity index (χ1v) is 7.96. The Labute approximate surface area is 121 Å². The van der Waals surface area contributed by atoms with Gasteiger partial charge in [0.15, 0.2) is 0 Å². The first-order chi connectivity index (χ1) is 9.25. The van der Waals surface area contributed by atoms with Gasteiger partial charge in [-0.1, -0.05) is 62.4 Å². The van der Waals surface area contributed by atoms with Crippen molar-refractivity contribution < 1.29 is 0 Å². The minimum Gasteiger partial charge on any atom is -0.126 e. The maximum atomic E-state index is 2.36. The van der Waals surface area contributed by atoms with Gasteiger partial charge in [-0.2, -0.15) is 0 Å². The molecule has 19 heavy (non-hydrogen) atoms. The van der Waals surface area contributed by atoms with E-state index in [0.29, 0.717) is 0 Å². The summed E-state index contributed by atoms with van der Waals surface area (Å²) in [5.41, 5.74) is 1.45. The van der Waals surface area contributed by atoms with E-state index in [2.05, 4.69) is 74.5 Å². The average Bonchev–Trinajstić information content (AvgIpc) is 2.47. The second-order valence-corrected chi connectivity index (χ2v) is 6.36. The normalized spacial score (nSPS) is 14.0. The maximum absolute atomic E-state index is 2.36. The smallest absolute Gasteiger partial charge is 0.00720 e. The van der Waals surface area contributed by atoms with Gasteiger partial charge in [-0.3, -0.25) is 0 Å². The van der Waals surface area contributed by atoms with Crippen molar-refractivity contribution in [3.63, 3.8) is 0 Å². The first-order valence-electron chi connectivity index (χ1n) is 6.97. The van der Waals surface area contributed by atoms with Gasteiger partial charge in [0.25, 0.3) is 0 Å². The van der Waals surface area contributed by atoms with Gasteiger partial charge < -0.3 is 0 Å². The van der Waals surface area contributed by atoms with Crippen LogP contribution in [-0.2, 0) is 6.42 Å². The summed E-state index contributed by atoms with van der Waals surface area (Å²) in [6.07, 6.45) is 1.18. The van der Waals surface area contributed by atoms with Gasteiger partial charge in [-0.15, -0.1) is 11.8 Å². The number of rotatable bonds is 6. The lowest BCUT2D eigenvalue weighted by molar-refractivity contribution is 0.424. The third-order valence-corrected chi connectivity index (χ3v) is 4.93. The summed E-state index contributed by atoms with van der Waals surface area (Å²) >= 11 is 1.97. The van der Waals surface area contributed by atoms with Crippen molar-refractivity contribution in [1.82, 2.24) is 0 Å². The Balaban J connectivity index is 1.81. The van der Waals surface area contributed by atoms with E-state index in [-0.39, 0.29) is 0 Å². The van der Waals surface area contributed by atoms with Gasteiger partial charge >= 0.3 is 0 Å². The molecule has 0 bridgehead atoms. The molecule has 0 N–H and O–H groups in total. The van der Waals surface area contributed by atoms with E-state index in [1.165, 1.54) is 22.6 Å². The quantitative estimate of drug-likeness (QED) is 0.642. The second-order valence-electron chi connectivity index (χ2n) is 5.27. The largest absolute Gasteiger partial charge is 0.126 e. The van der Waals surface area contributed by atoms with E-state index < -0.39 is 0 Å².